The summed E-state index contributed by atoms with van der Waals surface area (Å²) in [6.45, 7) is 2.22. The fourth-order valence-electron chi connectivity index (χ4n) is 4.50. The van der Waals surface area contributed by atoms with Gasteiger partial charge in [-0.25, -0.2) is 0 Å². The molecule has 24 heavy (non-hydrogen) atoms. The number of carbonyl (C=O) groups is 1. The van der Waals surface area contributed by atoms with E-state index < -0.39 is 0 Å². The molecular weight excluding hydrogens is 296 g/mol. The van der Waals surface area contributed by atoms with Gasteiger partial charge in [0.05, 0.1) is 5.41 Å². The highest BCUT2D eigenvalue weighted by Gasteiger charge is 2.43. The van der Waals surface area contributed by atoms with Gasteiger partial charge in [0.2, 0.25) is 0 Å². The maximum absolute atomic E-state index is 12.9. The van der Waals surface area contributed by atoms with Gasteiger partial charge in [-0.1, -0.05) is 50.5 Å². The normalized spacial score (nSPS) is 20.4. The third kappa shape index (κ3) is 4.20. The highest BCUT2D eigenvalue weighted by molar-refractivity contribution is 5.77. The summed E-state index contributed by atoms with van der Waals surface area (Å²) in [5, 5.41) is 0. The second-order valence-electron chi connectivity index (χ2n) is 7.87. The van der Waals surface area contributed by atoms with Crippen LogP contribution < -0.4 is 0 Å². The van der Waals surface area contributed by atoms with Gasteiger partial charge in [0.1, 0.15) is 6.10 Å². The first-order chi connectivity index (χ1) is 11.7. The smallest absolute Gasteiger partial charge is 0.312 e. The Bertz CT molecular complexity index is 537. The second kappa shape index (κ2) is 8.18. The Hall–Kier alpha value is -1.31. The standard InChI is InChI=1S/C22H32O2/c1-2-8-18-9-7-10-19(17-18)13-16-22(14-5-6-15-22)21(23)24-20-11-3-4-12-20/h7,9-10,17,20H,2-6,8,11-16H2,1H3. The van der Waals surface area contributed by atoms with Gasteiger partial charge >= 0.3 is 5.97 Å². The van der Waals surface area contributed by atoms with Crippen molar-refractivity contribution in [3.05, 3.63) is 35.4 Å². The van der Waals surface area contributed by atoms with E-state index in [4.69, 9.17) is 4.74 Å². The minimum absolute atomic E-state index is 0.108. The van der Waals surface area contributed by atoms with Crippen LogP contribution in [0.25, 0.3) is 0 Å². The molecule has 0 bridgehead atoms. The molecule has 0 amide bonds. The van der Waals surface area contributed by atoms with Gasteiger partial charge in [-0.3, -0.25) is 4.79 Å². The van der Waals surface area contributed by atoms with E-state index >= 15 is 0 Å². The number of ether oxygens (including phenoxy) is 1. The van der Waals surface area contributed by atoms with E-state index in [1.54, 1.807) is 0 Å². The summed E-state index contributed by atoms with van der Waals surface area (Å²) < 4.78 is 5.91. The van der Waals surface area contributed by atoms with Crippen molar-refractivity contribution in [2.75, 3.05) is 0 Å². The van der Waals surface area contributed by atoms with Crippen molar-refractivity contribution in [2.45, 2.75) is 90.1 Å². The molecule has 1 aromatic carbocycles. The molecule has 0 heterocycles. The third-order valence-corrected chi connectivity index (χ3v) is 5.99. The van der Waals surface area contributed by atoms with Crippen molar-refractivity contribution in [3.8, 4) is 0 Å². The van der Waals surface area contributed by atoms with E-state index in [0.29, 0.717) is 0 Å². The number of aryl methyl sites for hydroxylation is 2. The number of esters is 1. The van der Waals surface area contributed by atoms with Crippen LogP contribution in [-0.4, -0.2) is 12.1 Å². The van der Waals surface area contributed by atoms with Crippen LogP contribution in [0.5, 0.6) is 0 Å². The first kappa shape index (κ1) is 17.5. The van der Waals surface area contributed by atoms with Crippen molar-refractivity contribution in [1.82, 2.24) is 0 Å². The first-order valence-electron chi connectivity index (χ1n) is 10.0. The van der Waals surface area contributed by atoms with Gasteiger partial charge in [-0.05, 0) is 68.9 Å². The van der Waals surface area contributed by atoms with Gasteiger partial charge in [-0.2, -0.15) is 0 Å². The molecule has 3 rings (SSSR count). The van der Waals surface area contributed by atoms with Crippen molar-refractivity contribution in [1.29, 1.82) is 0 Å². The molecule has 2 heteroatoms. The van der Waals surface area contributed by atoms with Crippen molar-refractivity contribution in [3.63, 3.8) is 0 Å². The number of hydrogen-bond donors (Lipinski definition) is 0. The Kier molecular flexibility index (Phi) is 5.97. The molecule has 0 unspecified atom stereocenters. The van der Waals surface area contributed by atoms with E-state index in [9.17, 15) is 4.79 Å². The van der Waals surface area contributed by atoms with Crippen molar-refractivity contribution < 1.29 is 9.53 Å². The average Bonchev–Trinajstić information content (AvgIpc) is 3.26. The van der Waals surface area contributed by atoms with Crippen molar-refractivity contribution >= 4 is 5.97 Å². The minimum Gasteiger partial charge on any atom is -0.462 e. The predicted octanol–water partition coefficient (Wildman–Crippen LogP) is 5.62. The van der Waals surface area contributed by atoms with Gasteiger partial charge < -0.3 is 4.74 Å². The van der Waals surface area contributed by atoms with E-state index in [0.717, 1.165) is 44.9 Å². The summed E-state index contributed by atoms with van der Waals surface area (Å²) in [4.78, 5) is 12.9. The Morgan fingerprint density at radius 1 is 1.08 bits per heavy atom. The van der Waals surface area contributed by atoms with Crippen LogP contribution in [0.3, 0.4) is 0 Å². The highest BCUT2D eigenvalue weighted by Crippen LogP contribution is 2.44. The van der Waals surface area contributed by atoms with E-state index in [2.05, 4.69) is 31.2 Å². The lowest BCUT2D eigenvalue weighted by molar-refractivity contribution is -0.161. The van der Waals surface area contributed by atoms with Crippen LogP contribution >= 0.6 is 0 Å². The van der Waals surface area contributed by atoms with Crippen LogP contribution in [0.2, 0.25) is 0 Å². The van der Waals surface area contributed by atoms with Gasteiger partial charge in [-0.15, -0.1) is 0 Å². The average molecular weight is 328 g/mol. The number of hydrogen-bond acceptors (Lipinski definition) is 2. The zero-order chi connectivity index (χ0) is 16.8. The number of carbonyl (C=O) groups excluding carboxylic acids is 1. The molecular formula is C22H32O2. The minimum atomic E-state index is -0.205. The van der Waals surface area contributed by atoms with Crippen LogP contribution in [0.4, 0.5) is 0 Å². The second-order valence-corrected chi connectivity index (χ2v) is 7.87. The molecule has 2 fully saturated rings. The van der Waals surface area contributed by atoms with Gasteiger partial charge in [0.15, 0.2) is 0 Å². The Balaban J connectivity index is 1.62. The van der Waals surface area contributed by atoms with Gasteiger partial charge in [0, 0.05) is 0 Å². The van der Waals surface area contributed by atoms with Crippen LogP contribution in [0, 0.1) is 5.41 Å². The maximum Gasteiger partial charge on any atom is 0.312 e. The molecule has 1 aromatic rings. The molecule has 132 valence electrons. The third-order valence-electron chi connectivity index (χ3n) is 5.99. The summed E-state index contributed by atoms with van der Waals surface area (Å²) in [5.41, 5.74) is 2.59. The van der Waals surface area contributed by atoms with Crippen molar-refractivity contribution in [2.24, 2.45) is 5.41 Å². The van der Waals surface area contributed by atoms with E-state index in [1.165, 1.54) is 43.2 Å². The summed E-state index contributed by atoms with van der Waals surface area (Å²) in [6.07, 6.45) is 13.4. The summed E-state index contributed by atoms with van der Waals surface area (Å²) in [6, 6.07) is 8.92. The molecule has 0 aromatic heterocycles. The van der Waals surface area contributed by atoms with Crippen LogP contribution in [0.1, 0.15) is 82.3 Å². The Labute approximate surface area is 147 Å². The summed E-state index contributed by atoms with van der Waals surface area (Å²) >= 11 is 0. The zero-order valence-corrected chi connectivity index (χ0v) is 15.2. The Morgan fingerprint density at radius 3 is 2.42 bits per heavy atom. The lowest BCUT2D eigenvalue weighted by Gasteiger charge is -2.28. The largest absolute Gasteiger partial charge is 0.462 e. The fourth-order valence-corrected chi connectivity index (χ4v) is 4.50. The van der Waals surface area contributed by atoms with Gasteiger partial charge in [0.25, 0.3) is 0 Å². The molecule has 0 saturated heterocycles. The summed E-state index contributed by atoms with van der Waals surface area (Å²) in [5.74, 6) is 0.108. The molecule has 2 aliphatic carbocycles. The topological polar surface area (TPSA) is 26.3 Å². The fraction of sp³-hybridized carbons (Fsp3) is 0.682. The SMILES string of the molecule is CCCc1cccc(CCC2(C(=O)OC3CCCC3)CCCC2)c1. The Morgan fingerprint density at radius 2 is 1.75 bits per heavy atom. The molecule has 2 saturated carbocycles. The monoisotopic (exact) mass is 328 g/mol. The molecule has 0 radical (unpaired) electrons. The summed E-state index contributed by atoms with van der Waals surface area (Å²) in [7, 11) is 0. The van der Waals surface area contributed by atoms with Crippen LogP contribution in [-0.2, 0) is 22.4 Å². The lowest BCUT2D eigenvalue weighted by atomic mass is 9.80. The molecule has 0 spiro atoms. The first-order valence-corrected chi connectivity index (χ1v) is 10.0. The lowest BCUT2D eigenvalue weighted by Crippen LogP contribution is -2.33. The molecule has 2 aliphatic rings. The predicted molar refractivity (Wildman–Crippen MR) is 98.0 cm³/mol. The number of rotatable bonds is 7. The highest BCUT2D eigenvalue weighted by atomic mass is 16.5. The number of benzene rings is 1. The molecule has 0 aliphatic heterocycles. The molecule has 0 atom stereocenters. The van der Waals surface area contributed by atoms with Crippen LogP contribution in [0.15, 0.2) is 24.3 Å². The maximum atomic E-state index is 12.9. The quantitative estimate of drug-likeness (QED) is 0.607. The molecule has 2 nitrogen and oxygen atoms in total. The van der Waals surface area contributed by atoms with E-state index in [1.807, 2.05) is 0 Å². The van der Waals surface area contributed by atoms with E-state index in [-0.39, 0.29) is 17.5 Å². The zero-order valence-electron chi connectivity index (χ0n) is 15.2. The molecule has 0 N–H and O–H groups in total.